The van der Waals surface area contributed by atoms with Gasteiger partial charge in [-0.15, -0.1) is 0 Å². The first-order valence-electron chi connectivity index (χ1n) is 3.25. The molecule has 4 heteroatoms. The Kier molecular flexibility index (Phi) is 3.62. The van der Waals surface area contributed by atoms with E-state index in [9.17, 15) is 4.79 Å². The lowest BCUT2D eigenvalue weighted by Gasteiger charge is -1.99. The van der Waals surface area contributed by atoms with Gasteiger partial charge < -0.3 is 4.74 Å². The molecular weight excluding hydrogens is 240 g/mol. The number of hydrogen-bond donors (Lipinski definition) is 0. The van der Waals surface area contributed by atoms with Gasteiger partial charge in [-0.25, -0.2) is 0 Å². The number of methoxy groups -OCH3 is 1. The SMILES string of the molecule is COc1ccc(C(=O)SBr)cc1. The number of rotatable bonds is 2. The molecule has 1 rings (SSSR count). The lowest BCUT2D eigenvalue weighted by atomic mass is 10.2. The zero-order chi connectivity index (χ0) is 8.97. The third kappa shape index (κ3) is 2.25. The minimum absolute atomic E-state index is 0.00217. The van der Waals surface area contributed by atoms with Crippen LogP contribution in [0.5, 0.6) is 5.75 Å². The Hall–Kier alpha value is -0.480. The van der Waals surface area contributed by atoms with Crippen LogP contribution in [0.1, 0.15) is 10.4 Å². The van der Waals surface area contributed by atoms with Crippen molar-refractivity contribution >= 4 is 30.1 Å². The van der Waals surface area contributed by atoms with Crippen LogP contribution in [0.2, 0.25) is 0 Å². The van der Waals surface area contributed by atoms with Gasteiger partial charge in [-0.2, -0.15) is 0 Å². The van der Waals surface area contributed by atoms with Crippen LogP contribution in [0.4, 0.5) is 0 Å². The average Bonchev–Trinajstić information content (AvgIpc) is 2.17. The Morgan fingerprint density at radius 3 is 2.42 bits per heavy atom. The summed E-state index contributed by atoms with van der Waals surface area (Å²) in [5, 5.41) is -0.00217. The summed E-state index contributed by atoms with van der Waals surface area (Å²) in [6.07, 6.45) is 0. The predicted octanol–water partition coefficient (Wildman–Crippen LogP) is 2.88. The zero-order valence-corrected chi connectivity index (χ0v) is 8.81. The number of halogens is 1. The van der Waals surface area contributed by atoms with Crippen molar-refractivity contribution in [3.63, 3.8) is 0 Å². The van der Waals surface area contributed by atoms with Crippen molar-refractivity contribution in [3.8, 4) is 5.75 Å². The smallest absolute Gasteiger partial charge is 0.230 e. The topological polar surface area (TPSA) is 26.3 Å². The molecule has 0 aromatic heterocycles. The van der Waals surface area contributed by atoms with E-state index in [1.54, 1.807) is 31.4 Å². The van der Waals surface area contributed by atoms with Crippen LogP contribution in [0.25, 0.3) is 0 Å². The maximum Gasteiger partial charge on any atom is 0.230 e. The quantitative estimate of drug-likeness (QED) is 0.803. The van der Waals surface area contributed by atoms with Crippen molar-refractivity contribution < 1.29 is 9.53 Å². The van der Waals surface area contributed by atoms with E-state index in [4.69, 9.17) is 4.74 Å². The Labute approximate surface area is 82.5 Å². The molecule has 0 aliphatic heterocycles. The molecule has 0 radical (unpaired) electrons. The van der Waals surface area contributed by atoms with E-state index in [-0.39, 0.29) is 5.12 Å². The summed E-state index contributed by atoms with van der Waals surface area (Å²) in [5.41, 5.74) is 0.665. The third-order valence-corrected chi connectivity index (χ3v) is 2.65. The van der Waals surface area contributed by atoms with Gasteiger partial charge in [0.25, 0.3) is 0 Å². The molecule has 0 bridgehead atoms. The zero-order valence-electron chi connectivity index (χ0n) is 6.41. The standard InChI is InChI=1S/C8H7BrO2S/c1-11-7-4-2-6(3-5-7)8(10)12-9/h2-5H,1H3. The fourth-order valence-corrected chi connectivity index (χ4v) is 1.56. The van der Waals surface area contributed by atoms with E-state index >= 15 is 0 Å². The third-order valence-electron chi connectivity index (χ3n) is 1.40. The molecule has 0 aliphatic carbocycles. The first kappa shape index (κ1) is 9.61. The highest BCUT2D eigenvalue weighted by atomic mass is 79.9. The summed E-state index contributed by atoms with van der Waals surface area (Å²) in [7, 11) is 2.62. The average molecular weight is 247 g/mol. The molecule has 0 N–H and O–H groups in total. The van der Waals surface area contributed by atoms with Crippen LogP contribution in [0, 0.1) is 0 Å². The van der Waals surface area contributed by atoms with Gasteiger partial charge in [0, 0.05) is 5.56 Å². The van der Waals surface area contributed by atoms with E-state index < -0.39 is 0 Å². The lowest BCUT2D eigenvalue weighted by Crippen LogP contribution is -1.90. The Balaban J connectivity index is 2.84. The van der Waals surface area contributed by atoms with E-state index in [0.717, 1.165) is 15.9 Å². The van der Waals surface area contributed by atoms with Crippen LogP contribution in [-0.2, 0) is 0 Å². The van der Waals surface area contributed by atoms with Crippen molar-refractivity contribution in [1.82, 2.24) is 0 Å². The van der Waals surface area contributed by atoms with Gasteiger partial charge in [0.05, 0.1) is 7.11 Å². The van der Waals surface area contributed by atoms with Gasteiger partial charge in [-0.05, 0) is 49.3 Å². The van der Waals surface area contributed by atoms with E-state index in [1.165, 1.54) is 0 Å². The summed E-state index contributed by atoms with van der Waals surface area (Å²) in [4.78, 5) is 11.1. The molecule has 0 amide bonds. The molecule has 1 aromatic rings. The van der Waals surface area contributed by atoms with E-state index in [2.05, 4.69) is 14.8 Å². The predicted molar refractivity (Wildman–Crippen MR) is 53.8 cm³/mol. The molecule has 2 nitrogen and oxygen atoms in total. The van der Waals surface area contributed by atoms with Crippen molar-refractivity contribution in [3.05, 3.63) is 29.8 Å². The minimum atomic E-state index is -0.00217. The highest BCUT2D eigenvalue weighted by Crippen LogP contribution is 2.20. The van der Waals surface area contributed by atoms with Crippen molar-refractivity contribution in [2.24, 2.45) is 0 Å². The van der Waals surface area contributed by atoms with Crippen LogP contribution in [0.3, 0.4) is 0 Å². The minimum Gasteiger partial charge on any atom is -0.497 e. The van der Waals surface area contributed by atoms with Gasteiger partial charge in [0.15, 0.2) is 0 Å². The number of ether oxygens (including phenoxy) is 1. The fraction of sp³-hybridized carbons (Fsp3) is 0.125. The normalized spacial score (nSPS) is 9.50. The van der Waals surface area contributed by atoms with Gasteiger partial charge in [0.1, 0.15) is 5.75 Å². The molecule has 1 aromatic carbocycles. The maximum atomic E-state index is 11.1. The number of benzene rings is 1. The molecule has 0 aliphatic rings. The molecule has 0 heterocycles. The molecule has 12 heavy (non-hydrogen) atoms. The highest BCUT2D eigenvalue weighted by molar-refractivity contribution is 9.52. The summed E-state index contributed by atoms with van der Waals surface area (Å²) in [5.74, 6) is 0.756. The maximum absolute atomic E-state index is 11.1. The second-order valence-corrected chi connectivity index (χ2v) is 3.59. The molecule has 64 valence electrons. The fourth-order valence-electron chi connectivity index (χ4n) is 0.772. The first-order valence-corrected chi connectivity index (χ1v) is 5.91. The van der Waals surface area contributed by atoms with Gasteiger partial charge in [-0.1, -0.05) is 0 Å². The number of hydrogen-bond acceptors (Lipinski definition) is 3. The Morgan fingerprint density at radius 1 is 1.42 bits per heavy atom. The number of carbonyl (C=O) groups excluding carboxylic acids is 1. The molecule has 0 unspecified atom stereocenters. The van der Waals surface area contributed by atoms with Crippen LogP contribution >= 0.6 is 25.0 Å². The molecule has 0 spiro atoms. The van der Waals surface area contributed by atoms with E-state index in [1.807, 2.05) is 0 Å². The monoisotopic (exact) mass is 246 g/mol. The Morgan fingerprint density at radius 2 is 2.00 bits per heavy atom. The summed E-state index contributed by atoms with van der Waals surface area (Å²) in [6.45, 7) is 0. The molecule has 0 atom stereocenters. The van der Waals surface area contributed by atoms with Crippen LogP contribution in [-0.4, -0.2) is 12.2 Å². The van der Waals surface area contributed by atoms with Gasteiger partial charge >= 0.3 is 0 Å². The molecule has 0 fully saturated rings. The second kappa shape index (κ2) is 4.52. The summed E-state index contributed by atoms with van der Waals surface area (Å²) in [6, 6.07) is 6.98. The second-order valence-electron chi connectivity index (χ2n) is 2.09. The summed E-state index contributed by atoms with van der Waals surface area (Å²) < 4.78 is 4.95. The Bertz CT molecular complexity index is 271. The largest absolute Gasteiger partial charge is 0.497 e. The number of carbonyl (C=O) groups is 1. The van der Waals surface area contributed by atoms with E-state index in [0.29, 0.717) is 5.56 Å². The summed E-state index contributed by atoms with van der Waals surface area (Å²) >= 11 is 3.02. The molecule has 0 saturated heterocycles. The highest BCUT2D eigenvalue weighted by Gasteiger charge is 2.03. The van der Waals surface area contributed by atoms with Crippen LogP contribution < -0.4 is 4.74 Å². The van der Waals surface area contributed by atoms with Crippen LogP contribution in [0.15, 0.2) is 24.3 Å². The van der Waals surface area contributed by atoms with Crippen molar-refractivity contribution in [2.75, 3.05) is 7.11 Å². The molecule has 0 saturated carbocycles. The van der Waals surface area contributed by atoms with Crippen molar-refractivity contribution in [1.29, 1.82) is 0 Å². The lowest BCUT2D eigenvalue weighted by molar-refractivity contribution is 0.109. The molecular formula is C8H7BrO2S. The van der Waals surface area contributed by atoms with Gasteiger partial charge in [0.2, 0.25) is 5.12 Å². The van der Waals surface area contributed by atoms with Gasteiger partial charge in [-0.3, -0.25) is 4.79 Å². The first-order chi connectivity index (χ1) is 5.77. The van der Waals surface area contributed by atoms with Crippen molar-refractivity contribution in [2.45, 2.75) is 0 Å².